The number of likely N-dealkylation sites (N-methyl/N-ethyl adjacent to an activating group) is 1. The van der Waals surface area contributed by atoms with Crippen LogP contribution in [0.5, 0.6) is 0 Å². The molecule has 0 saturated carbocycles. The van der Waals surface area contributed by atoms with Crippen molar-refractivity contribution in [2.45, 2.75) is 19.8 Å². The molecule has 2 rings (SSSR count). The lowest BCUT2D eigenvalue weighted by Gasteiger charge is -2.21. The van der Waals surface area contributed by atoms with Crippen LogP contribution in [0.3, 0.4) is 0 Å². The molecule has 1 fully saturated rings. The largest absolute Gasteiger partial charge is 0.398 e. The van der Waals surface area contributed by atoms with Gasteiger partial charge in [0, 0.05) is 30.7 Å². The van der Waals surface area contributed by atoms with Crippen LogP contribution in [0.25, 0.3) is 0 Å². The van der Waals surface area contributed by atoms with Crippen LogP contribution in [0.2, 0.25) is 0 Å². The maximum atomic E-state index is 12.2. The maximum Gasteiger partial charge on any atom is 0.263 e. The summed E-state index contributed by atoms with van der Waals surface area (Å²) in [7, 11) is 1.86. The molecule has 5 heteroatoms. The lowest BCUT2D eigenvalue weighted by atomic mass is 10.3. The van der Waals surface area contributed by atoms with Gasteiger partial charge in [-0.2, -0.15) is 0 Å². The topological polar surface area (TPSA) is 49.6 Å². The highest BCUT2D eigenvalue weighted by atomic mass is 32.1. The Morgan fingerprint density at radius 1 is 1.50 bits per heavy atom. The number of thiophene rings is 1. The third kappa shape index (κ3) is 3.03. The Hall–Kier alpha value is -1.07. The molecule has 1 aliphatic heterocycles. The van der Waals surface area contributed by atoms with Crippen LogP contribution >= 0.6 is 11.3 Å². The summed E-state index contributed by atoms with van der Waals surface area (Å²) >= 11 is 1.48. The average molecular weight is 267 g/mol. The van der Waals surface area contributed by atoms with Crippen molar-refractivity contribution in [3.05, 3.63) is 15.8 Å². The minimum absolute atomic E-state index is 0.0824. The molecule has 2 heterocycles. The first kappa shape index (κ1) is 13.4. The molecule has 2 N–H and O–H groups in total. The van der Waals surface area contributed by atoms with E-state index in [4.69, 9.17) is 5.73 Å². The zero-order valence-electron chi connectivity index (χ0n) is 11.1. The Morgan fingerprint density at radius 3 is 2.72 bits per heavy atom. The SMILES string of the molecule is Cc1sc(C(=O)N(C)CCN2CCCC2)cc1N. The molecule has 1 aromatic rings. The number of nitrogens with two attached hydrogens (primary N) is 1. The average Bonchev–Trinajstić information content (AvgIpc) is 2.96. The van der Waals surface area contributed by atoms with E-state index >= 15 is 0 Å². The summed E-state index contributed by atoms with van der Waals surface area (Å²) in [5, 5.41) is 0. The van der Waals surface area contributed by atoms with E-state index < -0.39 is 0 Å². The van der Waals surface area contributed by atoms with E-state index in [0.29, 0.717) is 0 Å². The Balaban J connectivity index is 1.87. The van der Waals surface area contributed by atoms with Gasteiger partial charge >= 0.3 is 0 Å². The van der Waals surface area contributed by atoms with E-state index in [1.165, 1.54) is 37.3 Å². The highest BCUT2D eigenvalue weighted by Crippen LogP contribution is 2.24. The molecule has 1 aliphatic rings. The monoisotopic (exact) mass is 267 g/mol. The van der Waals surface area contributed by atoms with Crippen LogP contribution in [-0.4, -0.2) is 48.9 Å². The Bertz CT molecular complexity index is 404. The van der Waals surface area contributed by atoms with Gasteiger partial charge in [-0.3, -0.25) is 4.79 Å². The molecule has 4 nitrogen and oxygen atoms in total. The van der Waals surface area contributed by atoms with Crippen molar-refractivity contribution in [3.8, 4) is 0 Å². The molecule has 1 saturated heterocycles. The molecule has 1 amide bonds. The fourth-order valence-electron chi connectivity index (χ4n) is 2.19. The molecule has 0 spiro atoms. The van der Waals surface area contributed by atoms with E-state index in [-0.39, 0.29) is 5.91 Å². The predicted octanol–water partition coefficient (Wildman–Crippen LogP) is 1.81. The van der Waals surface area contributed by atoms with Gasteiger partial charge in [-0.05, 0) is 38.9 Å². The standard InChI is InChI=1S/C13H21N3OS/c1-10-11(14)9-12(18-10)13(17)15(2)7-8-16-5-3-4-6-16/h9H,3-8,14H2,1-2H3. The molecule has 0 aromatic carbocycles. The van der Waals surface area contributed by atoms with Gasteiger partial charge in [0.2, 0.25) is 0 Å². The summed E-state index contributed by atoms with van der Waals surface area (Å²) in [6.45, 7) is 6.05. The molecule has 18 heavy (non-hydrogen) atoms. The second kappa shape index (κ2) is 5.71. The highest BCUT2D eigenvalue weighted by Gasteiger charge is 2.17. The van der Waals surface area contributed by atoms with Crippen molar-refractivity contribution in [2.75, 3.05) is 39.0 Å². The van der Waals surface area contributed by atoms with Crippen molar-refractivity contribution in [1.29, 1.82) is 0 Å². The number of hydrogen-bond donors (Lipinski definition) is 1. The predicted molar refractivity (Wildman–Crippen MR) is 76.1 cm³/mol. The van der Waals surface area contributed by atoms with Crippen LogP contribution in [0, 0.1) is 6.92 Å². The van der Waals surface area contributed by atoms with Gasteiger partial charge in [0.25, 0.3) is 5.91 Å². The summed E-state index contributed by atoms with van der Waals surface area (Å²) in [5.74, 6) is 0.0824. The quantitative estimate of drug-likeness (QED) is 0.905. The number of nitrogen functional groups attached to an aromatic ring is 1. The van der Waals surface area contributed by atoms with Crippen molar-refractivity contribution < 1.29 is 4.79 Å². The molecule has 0 aliphatic carbocycles. The number of nitrogens with zero attached hydrogens (tertiary/aromatic N) is 2. The van der Waals surface area contributed by atoms with Crippen LogP contribution in [-0.2, 0) is 0 Å². The zero-order valence-corrected chi connectivity index (χ0v) is 11.9. The number of carbonyl (C=O) groups is 1. The number of carbonyl (C=O) groups excluding carboxylic acids is 1. The van der Waals surface area contributed by atoms with Gasteiger partial charge in [-0.15, -0.1) is 11.3 Å². The van der Waals surface area contributed by atoms with Crippen LogP contribution in [0.4, 0.5) is 5.69 Å². The van der Waals surface area contributed by atoms with E-state index in [2.05, 4.69) is 4.90 Å². The van der Waals surface area contributed by atoms with Gasteiger partial charge in [-0.25, -0.2) is 0 Å². The number of likely N-dealkylation sites (tertiary alicyclic amines) is 1. The maximum absolute atomic E-state index is 12.2. The number of rotatable bonds is 4. The molecule has 0 atom stereocenters. The van der Waals surface area contributed by atoms with Crippen molar-refractivity contribution >= 4 is 22.9 Å². The van der Waals surface area contributed by atoms with E-state index in [9.17, 15) is 4.79 Å². The smallest absolute Gasteiger partial charge is 0.263 e. The molecule has 100 valence electrons. The van der Waals surface area contributed by atoms with Gasteiger partial charge < -0.3 is 15.5 Å². The second-order valence-electron chi connectivity index (χ2n) is 4.90. The van der Waals surface area contributed by atoms with Crippen molar-refractivity contribution in [1.82, 2.24) is 9.80 Å². The Morgan fingerprint density at radius 2 is 2.17 bits per heavy atom. The number of anilines is 1. The Labute approximate surface area is 112 Å². The molecule has 1 aromatic heterocycles. The lowest BCUT2D eigenvalue weighted by molar-refractivity contribution is 0.0787. The van der Waals surface area contributed by atoms with Gasteiger partial charge in [0.05, 0.1) is 4.88 Å². The number of aryl methyl sites for hydroxylation is 1. The molecular weight excluding hydrogens is 246 g/mol. The minimum Gasteiger partial charge on any atom is -0.398 e. The summed E-state index contributed by atoms with van der Waals surface area (Å²) < 4.78 is 0. The van der Waals surface area contributed by atoms with Crippen LogP contribution in [0.15, 0.2) is 6.07 Å². The first-order chi connectivity index (χ1) is 8.58. The Kier molecular flexibility index (Phi) is 4.24. The fraction of sp³-hybridized carbons (Fsp3) is 0.615. The molecular formula is C13H21N3OS. The fourth-order valence-corrected chi connectivity index (χ4v) is 3.12. The van der Waals surface area contributed by atoms with Gasteiger partial charge in [0.15, 0.2) is 0 Å². The number of amides is 1. The van der Waals surface area contributed by atoms with Gasteiger partial charge in [0.1, 0.15) is 0 Å². The first-order valence-corrected chi connectivity index (χ1v) is 7.23. The highest BCUT2D eigenvalue weighted by molar-refractivity contribution is 7.14. The third-order valence-corrected chi connectivity index (χ3v) is 4.52. The summed E-state index contributed by atoms with van der Waals surface area (Å²) in [6.07, 6.45) is 2.58. The third-order valence-electron chi connectivity index (χ3n) is 3.46. The normalized spacial score (nSPS) is 16.1. The van der Waals surface area contributed by atoms with E-state index in [1.54, 1.807) is 11.0 Å². The first-order valence-electron chi connectivity index (χ1n) is 6.41. The molecule has 0 radical (unpaired) electrons. The second-order valence-corrected chi connectivity index (χ2v) is 6.15. The number of hydrogen-bond acceptors (Lipinski definition) is 4. The molecule has 0 unspecified atom stereocenters. The van der Waals surface area contributed by atoms with E-state index in [0.717, 1.165) is 28.5 Å². The van der Waals surface area contributed by atoms with Gasteiger partial charge in [-0.1, -0.05) is 0 Å². The summed E-state index contributed by atoms with van der Waals surface area (Å²) in [4.78, 5) is 18.2. The minimum atomic E-state index is 0.0824. The van der Waals surface area contributed by atoms with Crippen LogP contribution in [0.1, 0.15) is 27.4 Å². The molecule has 0 bridgehead atoms. The zero-order chi connectivity index (χ0) is 13.1. The summed E-state index contributed by atoms with van der Waals surface area (Å²) in [6, 6.07) is 1.79. The van der Waals surface area contributed by atoms with Crippen LogP contribution < -0.4 is 5.73 Å². The van der Waals surface area contributed by atoms with Crippen molar-refractivity contribution in [2.24, 2.45) is 0 Å². The summed E-state index contributed by atoms with van der Waals surface area (Å²) in [5.41, 5.74) is 6.50. The lowest BCUT2D eigenvalue weighted by Crippen LogP contribution is -2.34. The van der Waals surface area contributed by atoms with Crippen molar-refractivity contribution in [3.63, 3.8) is 0 Å². The van der Waals surface area contributed by atoms with E-state index in [1.807, 2.05) is 14.0 Å².